The van der Waals surface area contributed by atoms with Gasteiger partial charge < -0.3 is 10.1 Å². The average molecular weight is 276 g/mol. The van der Waals surface area contributed by atoms with Crippen LogP contribution in [0, 0.1) is 6.92 Å². The lowest BCUT2D eigenvalue weighted by atomic mass is 10.1. The molecule has 0 radical (unpaired) electrons. The van der Waals surface area contributed by atoms with Crippen LogP contribution < -0.4 is 5.32 Å². The Balaban J connectivity index is 1.98. The maximum atomic E-state index is 5.08. The third-order valence-corrected chi connectivity index (χ3v) is 3.74. The standard InChI is InChI=1S/C15H20N2OS/c1-11(8-9-18-3)16-14-6-4-13(5-7-14)15-10-19-12(2)17-15/h4-7,10-11,16H,8-9H2,1-3H3. The summed E-state index contributed by atoms with van der Waals surface area (Å²) in [6.07, 6.45) is 1.00. The molecular weight excluding hydrogens is 256 g/mol. The van der Waals surface area contributed by atoms with Gasteiger partial charge in [-0.05, 0) is 32.4 Å². The molecule has 1 aromatic carbocycles. The van der Waals surface area contributed by atoms with Crippen molar-refractivity contribution < 1.29 is 4.74 Å². The minimum Gasteiger partial charge on any atom is -0.385 e. The van der Waals surface area contributed by atoms with Gasteiger partial charge in [0.1, 0.15) is 0 Å². The van der Waals surface area contributed by atoms with E-state index in [-0.39, 0.29) is 0 Å². The van der Waals surface area contributed by atoms with Crippen LogP contribution in [0.2, 0.25) is 0 Å². The summed E-state index contributed by atoms with van der Waals surface area (Å²) in [5.74, 6) is 0. The van der Waals surface area contributed by atoms with E-state index in [0.717, 1.165) is 29.4 Å². The smallest absolute Gasteiger partial charge is 0.0901 e. The first-order chi connectivity index (χ1) is 9.19. The molecule has 102 valence electrons. The van der Waals surface area contributed by atoms with E-state index in [1.807, 2.05) is 6.92 Å². The summed E-state index contributed by atoms with van der Waals surface area (Å²) < 4.78 is 5.08. The van der Waals surface area contributed by atoms with Crippen LogP contribution in [0.1, 0.15) is 18.4 Å². The summed E-state index contributed by atoms with van der Waals surface area (Å²) in [7, 11) is 1.73. The largest absolute Gasteiger partial charge is 0.385 e. The van der Waals surface area contributed by atoms with Crippen LogP contribution >= 0.6 is 11.3 Å². The molecule has 4 heteroatoms. The predicted molar refractivity (Wildman–Crippen MR) is 81.9 cm³/mol. The molecule has 1 aromatic heterocycles. The summed E-state index contributed by atoms with van der Waals surface area (Å²) >= 11 is 1.68. The molecular formula is C15H20N2OS. The van der Waals surface area contributed by atoms with Gasteiger partial charge in [0.25, 0.3) is 0 Å². The first-order valence-electron chi connectivity index (χ1n) is 6.47. The van der Waals surface area contributed by atoms with E-state index in [4.69, 9.17) is 4.74 Å². The molecule has 0 aliphatic heterocycles. The topological polar surface area (TPSA) is 34.1 Å². The summed E-state index contributed by atoms with van der Waals surface area (Å²) in [5.41, 5.74) is 3.36. The van der Waals surface area contributed by atoms with Crippen molar-refractivity contribution >= 4 is 17.0 Å². The van der Waals surface area contributed by atoms with Crippen LogP contribution in [-0.2, 0) is 4.74 Å². The van der Waals surface area contributed by atoms with Gasteiger partial charge >= 0.3 is 0 Å². The van der Waals surface area contributed by atoms with Crippen LogP contribution in [0.25, 0.3) is 11.3 Å². The van der Waals surface area contributed by atoms with E-state index < -0.39 is 0 Å². The Morgan fingerprint density at radius 1 is 1.32 bits per heavy atom. The van der Waals surface area contributed by atoms with Gasteiger partial charge in [0.05, 0.1) is 10.7 Å². The Bertz CT molecular complexity index is 507. The van der Waals surface area contributed by atoms with Crippen molar-refractivity contribution in [3.63, 3.8) is 0 Å². The SMILES string of the molecule is COCCC(C)Nc1ccc(-c2csc(C)n2)cc1. The second-order valence-corrected chi connectivity index (χ2v) is 5.72. The van der Waals surface area contributed by atoms with Crippen molar-refractivity contribution in [1.82, 2.24) is 4.98 Å². The fraction of sp³-hybridized carbons (Fsp3) is 0.400. The lowest BCUT2D eigenvalue weighted by Crippen LogP contribution is -2.16. The number of methoxy groups -OCH3 is 1. The predicted octanol–water partition coefficient (Wildman–Crippen LogP) is 3.96. The molecule has 2 aromatic rings. The maximum absolute atomic E-state index is 5.08. The number of nitrogens with zero attached hydrogens (tertiary/aromatic N) is 1. The van der Waals surface area contributed by atoms with Gasteiger partial charge in [-0.2, -0.15) is 0 Å². The monoisotopic (exact) mass is 276 g/mol. The number of rotatable bonds is 6. The molecule has 3 nitrogen and oxygen atoms in total. The van der Waals surface area contributed by atoms with Gasteiger partial charge in [0, 0.05) is 36.4 Å². The molecule has 1 atom stereocenters. The van der Waals surface area contributed by atoms with Crippen LogP contribution in [-0.4, -0.2) is 24.7 Å². The molecule has 0 aliphatic rings. The van der Waals surface area contributed by atoms with Crippen LogP contribution in [0.5, 0.6) is 0 Å². The van der Waals surface area contributed by atoms with Crippen molar-refractivity contribution in [2.45, 2.75) is 26.3 Å². The molecule has 0 fully saturated rings. The van der Waals surface area contributed by atoms with Gasteiger partial charge in [-0.25, -0.2) is 4.98 Å². The lowest BCUT2D eigenvalue weighted by Gasteiger charge is -2.14. The Hall–Kier alpha value is -1.39. The number of benzene rings is 1. The first-order valence-corrected chi connectivity index (χ1v) is 7.35. The van der Waals surface area contributed by atoms with E-state index in [9.17, 15) is 0 Å². The number of thiazole rings is 1. The maximum Gasteiger partial charge on any atom is 0.0901 e. The van der Waals surface area contributed by atoms with Crippen molar-refractivity contribution in [2.24, 2.45) is 0 Å². The Morgan fingerprint density at radius 3 is 2.63 bits per heavy atom. The second kappa shape index (κ2) is 6.68. The molecule has 0 aliphatic carbocycles. The van der Waals surface area contributed by atoms with Gasteiger partial charge in [-0.3, -0.25) is 0 Å². The van der Waals surface area contributed by atoms with Gasteiger partial charge in [0.15, 0.2) is 0 Å². The zero-order valence-electron chi connectivity index (χ0n) is 11.6. The van der Waals surface area contributed by atoms with Crippen molar-refractivity contribution in [3.05, 3.63) is 34.7 Å². The number of aryl methyl sites for hydroxylation is 1. The molecule has 2 rings (SSSR count). The van der Waals surface area contributed by atoms with Crippen LogP contribution in [0.3, 0.4) is 0 Å². The first kappa shape index (κ1) is 14.0. The molecule has 1 unspecified atom stereocenters. The number of aromatic nitrogens is 1. The van der Waals surface area contributed by atoms with Gasteiger partial charge in [-0.15, -0.1) is 11.3 Å². The third kappa shape index (κ3) is 4.04. The van der Waals surface area contributed by atoms with E-state index in [1.54, 1.807) is 18.4 Å². The van der Waals surface area contributed by atoms with Crippen LogP contribution in [0.15, 0.2) is 29.6 Å². The Kier molecular flexibility index (Phi) is 4.93. The zero-order valence-corrected chi connectivity index (χ0v) is 12.5. The third-order valence-electron chi connectivity index (χ3n) is 2.97. The normalized spacial score (nSPS) is 12.4. The number of hydrogen-bond acceptors (Lipinski definition) is 4. The summed E-state index contributed by atoms with van der Waals surface area (Å²) in [4.78, 5) is 4.49. The van der Waals surface area contributed by atoms with E-state index in [1.165, 1.54) is 5.56 Å². The molecule has 1 N–H and O–H groups in total. The summed E-state index contributed by atoms with van der Waals surface area (Å²) in [6, 6.07) is 8.84. The number of anilines is 1. The highest BCUT2D eigenvalue weighted by molar-refractivity contribution is 7.09. The minimum absolute atomic E-state index is 0.410. The number of nitrogens with one attached hydrogen (secondary N) is 1. The Labute approximate surface area is 118 Å². The zero-order chi connectivity index (χ0) is 13.7. The molecule has 0 saturated carbocycles. The highest BCUT2D eigenvalue weighted by Crippen LogP contribution is 2.23. The fourth-order valence-electron chi connectivity index (χ4n) is 1.88. The Morgan fingerprint density at radius 2 is 2.05 bits per heavy atom. The van der Waals surface area contributed by atoms with Crippen molar-refractivity contribution in [2.75, 3.05) is 19.0 Å². The quantitative estimate of drug-likeness (QED) is 0.867. The van der Waals surface area contributed by atoms with E-state index >= 15 is 0 Å². The molecule has 0 spiro atoms. The molecule has 0 saturated heterocycles. The van der Waals surface area contributed by atoms with Gasteiger partial charge in [-0.1, -0.05) is 12.1 Å². The highest BCUT2D eigenvalue weighted by atomic mass is 32.1. The van der Waals surface area contributed by atoms with E-state index in [2.05, 4.69) is 46.9 Å². The summed E-state index contributed by atoms with van der Waals surface area (Å²) in [5, 5.41) is 6.66. The second-order valence-electron chi connectivity index (χ2n) is 4.66. The molecule has 0 amide bonds. The van der Waals surface area contributed by atoms with Crippen molar-refractivity contribution in [3.8, 4) is 11.3 Å². The van der Waals surface area contributed by atoms with Gasteiger partial charge in [0.2, 0.25) is 0 Å². The average Bonchev–Trinajstić information content (AvgIpc) is 2.84. The highest BCUT2D eigenvalue weighted by Gasteiger charge is 2.04. The molecule has 19 heavy (non-hydrogen) atoms. The molecule has 0 bridgehead atoms. The summed E-state index contributed by atoms with van der Waals surface area (Å²) in [6.45, 7) is 4.97. The van der Waals surface area contributed by atoms with E-state index in [0.29, 0.717) is 6.04 Å². The number of hydrogen-bond donors (Lipinski definition) is 1. The fourth-order valence-corrected chi connectivity index (χ4v) is 2.51. The lowest BCUT2D eigenvalue weighted by molar-refractivity contribution is 0.191. The number of ether oxygens (including phenoxy) is 1. The minimum atomic E-state index is 0.410. The molecule has 1 heterocycles. The van der Waals surface area contributed by atoms with Crippen molar-refractivity contribution in [1.29, 1.82) is 0 Å². The van der Waals surface area contributed by atoms with Crippen LogP contribution in [0.4, 0.5) is 5.69 Å².